The topological polar surface area (TPSA) is 47.6 Å². The molecule has 0 atom stereocenters. The van der Waals surface area contributed by atoms with Crippen molar-refractivity contribution in [2.24, 2.45) is 0 Å². The maximum absolute atomic E-state index is 11.5. The number of hydrogen-bond acceptors (Lipinski definition) is 3. The van der Waals surface area contributed by atoms with Crippen LogP contribution in [0.1, 0.15) is 12.0 Å². The summed E-state index contributed by atoms with van der Waals surface area (Å²) >= 11 is 0. The first kappa shape index (κ1) is 14.9. The molecule has 0 aliphatic heterocycles. The maximum Gasteiger partial charge on any atom is 0.407 e. The lowest BCUT2D eigenvalue weighted by Gasteiger charge is -2.08. The SMILES string of the molecule is O=C(NCCCOc1ccccc1)OCc1ccccc1. The second-order valence-electron chi connectivity index (χ2n) is 4.50. The van der Waals surface area contributed by atoms with Gasteiger partial charge in [0.1, 0.15) is 12.4 Å². The number of hydrogen-bond donors (Lipinski definition) is 1. The van der Waals surface area contributed by atoms with Crippen LogP contribution in [0.25, 0.3) is 0 Å². The molecule has 0 aliphatic carbocycles. The molecule has 0 heterocycles. The number of amides is 1. The summed E-state index contributed by atoms with van der Waals surface area (Å²) < 4.78 is 10.6. The van der Waals surface area contributed by atoms with Gasteiger partial charge in [-0.2, -0.15) is 0 Å². The number of rotatable bonds is 7. The van der Waals surface area contributed by atoms with Crippen LogP contribution < -0.4 is 10.1 Å². The van der Waals surface area contributed by atoms with Crippen LogP contribution in [0.4, 0.5) is 4.79 Å². The summed E-state index contributed by atoms with van der Waals surface area (Å²) in [7, 11) is 0. The van der Waals surface area contributed by atoms with E-state index in [9.17, 15) is 4.79 Å². The van der Waals surface area contributed by atoms with Crippen molar-refractivity contribution < 1.29 is 14.3 Å². The summed E-state index contributed by atoms with van der Waals surface area (Å²) in [5.41, 5.74) is 0.972. The second-order valence-corrected chi connectivity index (χ2v) is 4.50. The summed E-state index contributed by atoms with van der Waals surface area (Å²) in [5, 5.41) is 2.70. The smallest absolute Gasteiger partial charge is 0.407 e. The zero-order valence-electron chi connectivity index (χ0n) is 11.8. The highest BCUT2D eigenvalue weighted by molar-refractivity contribution is 5.67. The molecular formula is C17H19NO3. The minimum absolute atomic E-state index is 0.285. The molecule has 0 unspecified atom stereocenters. The molecular weight excluding hydrogens is 266 g/mol. The van der Waals surface area contributed by atoms with Gasteiger partial charge in [-0.25, -0.2) is 4.79 Å². The molecule has 0 bridgehead atoms. The number of benzene rings is 2. The first-order valence-electron chi connectivity index (χ1n) is 6.97. The summed E-state index contributed by atoms with van der Waals surface area (Å²) in [6.07, 6.45) is 0.327. The van der Waals surface area contributed by atoms with Crippen LogP contribution in [0, 0.1) is 0 Å². The molecule has 0 radical (unpaired) electrons. The molecule has 0 saturated heterocycles. The number of para-hydroxylation sites is 1. The molecule has 1 N–H and O–H groups in total. The van der Waals surface area contributed by atoms with Crippen molar-refractivity contribution in [3.63, 3.8) is 0 Å². The van der Waals surface area contributed by atoms with Gasteiger partial charge in [0.25, 0.3) is 0 Å². The fourth-order valence-electron chi connectivity index (χ4n) is 1.74. The van der Waals surface area contributed by atoms with Gasteiger partial charge in [-0.1, -0.05) is 48.5 Å². The van der Waals surface area contributed by atoms with Crippen molar-refractivity contribution in [1.29, 1.82) is 0 Å². The minimum atomic E-state index is -0.404. The van der Waals surface area contributed by atoms with E-state index in [1.807, 2.05) is 60.7 Å². The summed E-state index contributed by atoms with van der Waals surface area (Å²) in [6.45, 7) is 1.37. The molecule has 4 nitrogen and oxygen atoms in total. The normalized spacial score (nSPS) is 9.90. The number of carbonyl (C=O) groups is 1. The van der Waals surface area contributed by atoms with Gasteiger partial charge in [-0.3, -0.25) is 0 Å². The standard InChI is InChI=1S/C17H19NO3/c19-17(21-14-15-8-3-1-4-9-15)18-12-7-13-20-16-10-5-2-6-11-16/h1-6,8-11H,7,12-14H2,(H,18,19). The van der Waals surface area contributed by atoms with Crippen molar-refractivity contribution in [3.05, 3.63) is 66.2 Å². The number of alkyl carbamates (subject to hydrolysis) is 1. The van der Waals surface area contributed by atoms with E-state index >= 15 is 0 Å². The number of ether oxygens (including phenoxy) is 2. The maximum atomic E-state index is 11.5. The molecule has 2 aromatic carbocycles. The predicted molar refractivity (Wildman–Crippen MR) is 81.2 cm³/mol. The van der Waals surface area contributed by atoms with E-state index in [1.165, 1.54) is 0 Å². The Labute approximate surface area is 124 Å². The van der Waals surface area contributed by atoms with E-state index in [0.29, 0.717) is 13.2 Å². The summed E-state index contributed by atoms with van der Waals surface area (Å²) in [5.74, 6) is 0.837. The monoisotopic (exact) mass is 285 g/mol. The van der Waals surface area contributed by atoms with E-state index in [0.717, 1.165) is 17.7 Å². The molecule has 2 aromatic rings. The fraction of sp³-hybridized carbons (Fsp3) is 0.235. The summed E-state index contributed by atoms with van der Waals surface area (Å²) in [4.78, 5) is 11.5. The first-order chi connectivity index (χ1) is 10.3. The van der Waals surface area contributed by atoms with Gasteiger partial charge in [-0.15, -0.1) is 0 Å². The molecule has 0 aliphatic rings. The molecule has 4 heteroatoms. The van der Waals surface area contributed by atoms with Gasteiger partial charge in [0, 0.05) is 6.54 Å². The van der Waals surface area contributed by atoms with Crippen LogP contribution in [0.15, 0.2) is 60.7 Å². The lowest BCUT2D eigenvalue weighted by molar-refractivity contribution is 0.139. The third-order valence-electron chi connectivity index (χ3n) is 2.82. The van der Waals surface area contributed by atoms with Crippen molar-refractivity contribution >= 4 is 6.09 Å². The summed E-state index contributed by atoms with van der Waals surface area (Å²) in [6, 6.07) is 19.2. The van der Waals surface area contributed by atoms with Crippen molar-refractivity contribution in [3.8, 4) is 5.75 Å². The minimum Gasteiger partial charge on any atom is -0.494 e. The zero-order valence-corrected chi connectivity index (χ0v) is 11.8. The van der Waals surface area contributed by atoms with E-state index in [1.54, 1.807) is 0 Å². The lowest BCUT2D eigenvalue weighted by atomic mass is 10.2. The average molecular weight is 285 g/mol. The van der Waals surface area contributed by atoms with E-state index < -0.39 is 6.09 Å². The second kappa shape index (κ2) is 8.64. The number of carbonyl (C=O) groups excluding carboxylic acids is 1. The Bertz CT molecular complexity index is 528. The number of nitrogens with one attached hydrogen (secondary N) is 1. The zero-order chi connectivity index (χ0) is 14.8. The molecule has 0 aromatic heterocycles. The van der Waals surface area contributed by atoms with Crippen LogP contribution in [0.5, 0.6) is 5.75 Å². The molecule has 110 valence electrons. The third-order valence-corrected chi connectivity index (χ3v) is 2.82. The lowest BCUT2D eigenvalue weighted by Crippen LogP contribution is -2.26. The third kappa shape index (κ3) is 5.99. The Kier molecular flexibility index (Phi) is 6.13. The van der Waals surface area contributed by atoms with Gasteiger partial charge in [0.15, 0.2) is 0 Å². The van der Waals surface area contributed by atoms with Crippen LogP contribution in [0.2, 0.25) is 0 Å². The quantitative estimate of drug-likeness (QED) is 0.793. The Morgan fingerprint density at radius 1 is 0.952 bits per heavy atom. The van der Waals surface area contributed by atoms with Crippen molar-refractivity contribution in [2.75, 3.05) is 13.2 Å². The Balaban J connectivity index is 1.53. The van der Waals surface area contributed by atoms with Crippen LogP contribution in [-0.4, -0.2) is 19.2 Å². The van der Waals surface area contributed by atoms with Gasteiger partial charge in [-0.05, 0) is 24.1 Å². The molecule has 0 saturated carbocycles. The van der Waals surface area contributed by atoms with E-state index in [-0.39, 0.29) is 6.61 Å². The Morgan fingerprint density at radius 2 is 1.62 bits per heavy atom. The fourth-order valence-corrected chi connectivity index (χ4v) is 1.74. The molecule has 2 rings (SSSR count). The Hall–Kier alpha value is -2.49. The highest BCUT2D eigenvalue weighted by Crippen LogP contribution is 2.08. The van der Waals surface area contributed by atoms with Crippen LogP contribution >= 0.6 is 0 Å². The van der Waals surface area contributed by atoms with Crippen molar-refractivity contribution in [1.82, 2.24) is 5.32 Å². The largest absolute Gasteiger partial charge is 0.494 e. The van der Waals surface area contributed by atoms with Gasteiger partial charge in [0.2, 0.25) is 0 Å². The van der Waals surface area contributed by atoms with E-state index in [2.05, 4.69) is 5.32 Å². The van der Waals surface area contributed by atoms with Crippen LogP contribution in [-0.2, 0) is 11.3 Å². The van der Waals surface area contributed by atoms with Crippen LogP contribution in [0.3, 0.4) is 0 Å². The van der Waals surface area contributed by atoms with Gasteiger partial charge >= 0.3 is 6.09 Å². The molecule has 1 amide bonds. The van der Waals surface area contributed by atoms with Crippen molar-refractivity contribution in [2.45, 2.75) is 13.0 Å². The highest BCUT2D eigenvalue weighted by atomic mass is 16.5. The van der Waals surface area contributed by atoms with E-state index in [4.69, 9.17) is 9.47 Å². The van der Waals surface area contributed by atoms with Gasteiger partial charge < -0.3 is 14.8 Å². The molecule has 0 spiro atoms. The molecule has 21 heavy (non-hydrogen) atoms. The average Bonchev–Trinajstić information content (AvgIpc) is 2.54. The predicted octanol–water partition coefficient (Wildman–Crippen LogP) is 3.38. The first-order valence-corrected chi connectivity index (χ1v) is 6.97. The highest BCUT2D eigenvalue weighted by Gasteiger charge is 2.01. The van der Waals surface area contributed by atoms with Gasteiger partial charge in [0.05, 0.1) is 6.61 Å². The molecule has 0 fully saturated rings. The Morgan fingerprint density at radius 3 is 2.33 bits per heavy atom.